The number of aromatic nitrogens is 2. The van der Waals surface area contributed by atoms with E-state index in [1.54, 1.807) is 6.33 Å². The van der Waals surface area contributed by atoms with Gasteiger partial charge in [0.1, 0.15) is 23.7 Å². The smallest absolute Gasteiger partial charge is 0.134 e. The predicted octanol–water partition coefficient (Wildman–Crippen LogP) is 3.68. The molecule has 1 N–H and O–H groups in total. The van der Waals surface area contributed by atoms with Crippen molar-refractivity contribution in [2.75, 3.05) is 41.4 Å². The first-order valence-corrected chi connectivity index (χ1v) is 9.96. The number of rotatable bonds is 7. The fourth-order valence-corrected chi connectivity index (χ4v) is 3.51. The summed E-state index contributed by atoms with van der Waals surface area (Å²) in [7, 11) is 0. The number of ether oxygens (including phenoxy) is 1. The summed E-state index contributed by atoms with van der Waals surface area (Å²) in [5.74, 6) is 5.63. The van der Waals surface area contributed by atoms with Crippen molar-refractivity contribution in [1.29, 1.82) is 0 Å². The molecular formula is C19H26N4OS. The van der Waals surface area contributed by atoms with Crippen LogP contribution in [0.2, 0.25) is 0 Å². The molecule has 1 aromatic heterocycles. The van der Waals surface area contributed by atoms with E-state index in [-0.39, 0.29) is 0 Å². The Bertz CT molecular complexity index is 674. The minimum atomic E-state index is 0.523. The van der Waals surface area contributed by atoms with Crippen molar-refractivity contribution in [3.8, 4) is 5.75 Å². The first kappa shape index (κ1) is 17.9. The topological polar surface area (TPSA) is 50.3 Å². The highest BCUT2D eigenvalue weighted by Gasteiger charge is 2.12. The number of nitrogens with one attached hydrogen (secondary N) is 1. The van der Waals surface area contributed by atoms with Crippen LogP contribution in [0.3, 0.4) is 0 Å². The van der Waals surface area contributed by atoms with Crippen LogP contribution in [0.5, 0.6) is 5.75 Å². The van der Waals surface area contributed by atoms with E-state index in [2.05, 4.69) is 46.2 Å². The second-order valence-corrected chi connectivity index (χ2v) is 7.79. The molecule has 1 aromatic carbocycles. The summed E-state index contributed by atoms with van der Waals surface area (Å²) in [6.45, 7) is 7.86. The van der Waals surface area contributed by atoms with E-state index in [0.717, 1.165) is 48.6 Å². The van der Waals surface area contributed by atoms with Crippen molar-refractivity contribution >= 4 is 23.4 Å². The predicted molar refractivity (Wildman–Crippen MR) is 106 cm³/mol. The van der Waals surface area contributed by atoms with E-state index >= 15 is 0 Å². The van der Waals surface area contributed by atoms with Crippen LogP contribution in [0.15, 0.2) is 36.7 Å². The van der Waals surface area contributed by atoms with Crippen LogP contribution in [0, 0.1) is 5.92 Å². The summed E-state index contributed by atoms with van der Waals surface area (Å²) in [6, 6.07) is 10.3. The van der Waals surface area contributed by atoms with Crippen LogP contribution in [-0.4, -0.2) is 41.2 Å². The molecule has 25 heavy (non-hydrogen) atoms. The van der Waals surface area contributed by atoms with Gasteiger partial charge in [0, 0.05) is 37.2 Å². The molecule has 3 rings (SSSR count). The first-order valence-electron chi connectivity index (χ1n) is 8.81. The van der Waals surface area contributed by atoms with Gasteiger partial charge in [0.05, 0.1) is 6.61 Å². The molecule has 0 radical (unpaired) electrons. The van der Waals surface area contributed by atoms with Gasteiger partial charge in [0.2, 0.25) is 0 Å². The third kappa shape index (κ3) is 5.53. The van der Waals surface area contributed by atoms with Crippen molar-refractivity contribution in [3.05, 3.63) is 42.2 Å². The van der Waals surface area contributed by atoms with Crippen LogP contribution < -0.4 is 15.0 Å². The van der Waals surface area contributed by atoms with Gasteiger partial charge in [0.25, 0.3) is 0 Å². The Labute approximate surface area is 154 Å². The average Bonchev–Trinajstić information content (AvgIpc) is 2.66. The summed E-state index contributed by atoms with van der Waals surface area (Å²) >= 11 is 2.00. The van der Waals surface area contributed by atoms with E-state index in [0.29, 0.717) is 12.5 Å². The molecule has 2 aromatic rings. The molecule has 134 valence electrons. The molecule has 6 heteroatoms. The fourth-order valence-electron chi connectivity index (χ4n) is 2.61. The minimum Gasteiger partial charge on any atom is -0.493 e. The van der Waals surface area contributed by atoms with Gasteiger partial charge in [-0.15, -0.1) is 0 Å². The Hall–Kier alpha value is -1.95. The van der Waals surface area contributed by atoms with Gasteiger partial charge >= 0.3 is 0 Å². The third-order valence-electron chi connectivity index (χ3n) is 3.94. The molecule has 0 unspecified atom stereocenters. The van der Waals surface area contributed by atoms with Crippen LogP contribution in [0.4, 0.5) is 11.6 Å². The quantitative estimate of drug-likeness (QED) is 0.815. The van der Waals surface area contributed by atoms with Gasteiger partial charge < -0.3 is 15.0 Å². The second-order valence-electron chi connectivity index (χ2n) is 6.57. The summed E-state index contributed by atoms with van der Waals surface area (Å²) in [5, 5.41) is 3.39. The first-order chi connectivity index (χ1) is 12.2. The molecule has 1 fully saturated rings. The zero-order valence-electron chi connectivity index (χ0n) is 14.9. The Morgan fingerprint density at radius 2 is 2.04 bits per heavy atom. The van der Waals surface area contributed by atoms with Crippen LogP contribution in [0.1, 0.15) is 19.4 Å². The average molecular weight is 359 g/mol. The van der Waals surface area contributed by atoms with Crippen molar-refractivity contribution < 1.29 is 4.74 Å². The molecule has 2 heterocycles. The summed E-state index contributed by atoms with van der Waals surface area (Å²) in [5.41, 5.74) is 1.18. The summed E-state index contributed by atoms with van der Waals surface area (Å²) < 4.78 is 5.80. The zero-order chi connectivity index (χ0) is 17.5. The van der Waals surface area contributed by atoms with Crippen molar-refractivity contribution in [1.82, 2.24) is 9.97 Å². The molecule has 0 aliphatic carbocycles. The van der Waals surface area contributed by atoms with E-state index in [9.17, 15) is 0 Å². The van der Waals surface area contributed by atoms with E-state index in [1.165, 1.54) is 5.56 Å². The van der Waals surface area contributed by atoms with Crippen LogP contribution in [0.25, 0.3) is 0 Å². The zero-order valence-corrected chi connectivity index (χ0v) is 15.8. The fraction of sp³-hybridized carbons (Fsp3) is 0.474. The molecule has 0 atom stereocenters. The van der Waals surface area contributed by atoms with Gasteiger partial charge in [-0.2, -0.15) is 11.8 Å². The van der Waals surface area contributed by atoms with E-state index in [4.69, 9.17) is 4.74 Å². The molecule has 1 aliphatic rings. The van der Waals surface area contributed by atoms with Gasteiger partial charge in [-0.3, -0.25) is 0 Å². The Kier molecular flexibility index (Phi) is 6.39. The van der Waals surface area contributed by atoms with Gasteiger partial charge in [-0.1, -0.05) is 26.0 Å². The number of hydrogen-bond donors (Lipinski definition) is 1. The highest BCUT2D eigenvalue weighted by Crippen LogP contribution is 2.20. The molecule has 1 saturated heterocycles. The van der Waals surface area contributed by atoms with Crippen molar-refractivity contribution in [2.24, 2.45) is 5.92 Å². The number of nitrogens with zero attached hydrogens (tertiary/aromatic N) is 3. The maximum Gasteiger partial charge on any atom is 0.134 e. The standard InChI is InChI=1S/C19H26N4OS/c1-15(2)13-24-17-5-3-4-16(10-17)12-20-18-11-19(22-14-21-18)23-6-8-25-9-7-23/h3-5,10-11,14-15H,6-9,12-13H2,1-2H3,(H,20,21,22). The van der Waals surface area contributed by atoms with Gasteiger partial charge in [0.15, 0.2) is 0 Å². The maximum atomic E-state index is 5.80. The molecule has 5 nitrogen and oxygen atoms in total. The molecule has 0 amide bonds. The largest absolute Gasteiger partial charge is 0.493 e. The lowest BCUT2D eigenvalue weighted by Crippen LogP contribution is -2.33. The van der Waals surface area contributed by atoms with Crippen LogP contribution >= 0.6 is 11.8 Å². The molecule has 1 aliphatic heterocycles. The summed E-state index contributed by atoms with van der Waals surface area (Å²) in [4.78, 5) is 11.1. The monoisotopic (exact) mass is 358 g/mol. The van der Waals surface area contributed by atoms with Crippen LogP contribution in [-0.2, 0) is 6.54 Å². The minimum absolute atomic E-state index is 0.523. The van der Waals surface area contributed by atoms with Crippen molar-refractivity contribution in [3.63, 3.8) is 0 Å². The number of hydrogen-bond acceptors (Lipinski definition) is 6. The normalized spacial score (nSPS) is 14.6. The lowest BCUT2D eigenvalue weighted by molar-refractivity contribution is 0.271. The van der Waals surface area contributed by atoms with Gasteiger partial charge in [-0.05, 0) is 23.6 Å². The lowest BCUT2D eigenvalue weighted by atomic mass is 10.2. The highest BCUT2D eigenvalue weighted by molar-refractivity contribution is 7.99. The summed E-state index contributed by atoms with van der Waals surface area (Å²) in [6.07, 6.45) is 1.64. The maximum absolute atomic E-state index is 5.80. The number of anilines is 2. The molecule has 0 spiro atoms. The van der Waals surface area contributed by atoms with Gasteiger partial charge in [-0.25, -0.2) is 9.97 Å². The SMILES string of the molecule is CC(C)COc1cccc(CNc2cc(N3CCSCC3)ncn2)c1. The Morgan fingerprint density at radius 1 is 1.20 bits per heavy atom. The van der Waals surface area contributed by atoms with E-state index < -0.39 is 0 Å². The Morgan fingerprint density at radius 3 is 2.84 bits per heavy atom. The van der Waals surface area contributed by atoms with E-state index in [1.807, 2.05) is 30.0 Å². The lowest BCUT2D eigenvalue weighted by Gasteiger charge is -2.27. The Balaban J connectivity index is 1.59. The number of thioether (sulfide) groups is 1. The number of benzene rings is 1. The molecule has 0 bridgehead atoms. The van der Waals surface area contributed by atoms with Crippen molar-refractivity contribution in [2.45, 2.75) is 20.4 Å². The molecule has 0 saturated carbocycles. The third-order valence-corrected chi connectivity index (χ3v) is 4.89. The molecular weight excluding hydrogens is 332 g/mol. The second kappa shape index (κ2) is 8.94. The highest BCUT2D eigenvalue weighted by atomic mass is 32.2.